The molecule has 3 aliphatic carbocycles. The molecule has 1 aromatic carbocycles. The van der Waals surface area contributed by atoms with Gasteiger partial charge < -0.3 is 15.0 Å². The van der Waals surface area contributed by atoms with Crippen molar-refractivity contribution in [3.63, 3.8) is 0 Å². The minimum Gasteiger partial charge on any atom is -0.493 e. The molecule has 3 aromatic rings. The monoisotopic (exact) mass is 660 g/mol. The average molecular weight is 661 g/mol. The Hall–Kier alpha value is -3.18. The molecular weight excluding hydrogens is 601 g/mol. The van der Waals surface area contributed by atoms with Crippen LogP contribution in [0.3, 0.4) is 0 Å². The van der Waals surface area contributed by atoms with Crippen LogP contribution in [0.25, 0.3) is 22.3 Å². The molecule has 49 heavy (non-hydrogen) atoms. The molecule has 7 rings (SSSR count). The predicted octanol–water partition coefficient (Wildman–Crippen LogP) is 10.9. The van der Waals surface area contributed by atoms with E-state index in [4.69, 9.17) is 4.74 Å². The van der Waals surface area contributed by atoms with E-state index in [1.54, 1.807) is 27.9 Å². The van der Waals surface area contributed by atoms with E-state index >= 15 is 0 Å². The third kappa shape index (κ3) is 7.34. The molecule has 4 aliphatic rings. The maximum atomic E-state index is 6.55. The van der Waals surface area contributed by atoms with Gasteiger partial charge in [-0.2, -0.15) is 0 Å². The molecule has 1 aliphatic heterocycles. The standard InChI is InChI=1S/C44H60N4O/c1-8-31-20-35(25-45-37-11-9-10-12-37)28(3)29(4)38-15-17-44(6,7)24-40(38)39(31)22-32-16-18-49-42-14-13-33(21-34(42)19-27(32)2)36-23-41-43(46-26-36)48-30(5)47-41/h13-14,20-21,23,26-28,31-32,37,45H,8-12,15-19,22,24-25H2,1-7H3,(H,46,47,48). The normalized spacial score (nSPS) is 26.4. The predicted molar refractivity (Wildman–Crippen MR) is 204 cm³/mol. The number of imidazole rings is 1. The van der Waals surface area contributed by atoms with Crippen molar-refractivity contribution in [3.8, 4) is 16.9 Å². The molecule has 2 fully saturated rings. The highest BCUT2D eigenvalue weighted by atomic mass is 16.5. The summed E-state index contributed by atoms with van der Waals surface area (Å²) in [5.41, 5.74) is 14.2. The van der Waals surface area contributed by atoms with Gasteiger partial charge in [-0.1, -0.05) is 76.3 Å². The molecule has 0 amide bonds. The first kappa shape index (κ1) is 34.3. The van der Waals surface area contributed by atoms with E-state index in [9.17, 15) is 0 Å². The highest BCUT2D eigenvalue weighted by Crippen LogP contribution is 2.50. The molecule has 5 heteroatoms. The number of nitrogens with one attached hydrogen (secondary N) is 2. The summed E-state index contributed by atoms with van der Waals surface area (Å²) >= 11 is 0. The Morgan fingerprint density at radius 2 is 1.84 bits per heavy atom. The number of ether oxygens (including phenoxy) is 1. The minimum absolute atomic E-state index is 0.347. The van der Waals surface area contributed by atoms with Gasteiger partial charge in [0, 0.05) is 24.3 Å². The van der Waals surface area contributed by atoms with Crippen molar-refractivity contribution in [1.29, 1.82) is 0 Å². The second-order valence-electron chi connectivity index (χ2n) is 16.9. The molecule has 262 valence electrons. The van der Waals surface area contributed by atoms with Gasteiger partial charge in [-0.25, -0.2) is 9.97 Å². The van der Waals surface area contributed by atoms with Gasteiger partial charge in [-0.15, -0.1) is 0 Å². The van der Waals surface area contributed by atoms with Crippen molar-refractivity contribution in [2.24, 2.45) is 29.1 Å². The van der Waals surface area contributed by atoms with E-state index in [1.165, 1.54) is 68.9 Å². The SMILES string of the molecule is CCC1C=C(CNC2CCCC2)C(C)C(C)=C2CCC(C)(C)CC2=C1CC1CCOc2ccc(-c3cnc4nc(C)[nH]c4c3)cc2CC1C. The van der Waals surface area contributed by atoms with E-state index in [0.717, 1.165) is 54.3 Å². The summed E-state index contributed by atoms with van der Waals surface area (Å²) in [7, 11) is 0. The molecule has 4 unspecified atom stereocenters. The van der Waals surface area contributed by atoms with Gasteiger partial charge in [0.15, 0.2) is 5.65 Å². The number of hydrogen-bond acceptors (Lipinski definition) is 4. The fourth-order valence-electron chi connectivity index (χ4n) is 9.48. The molecule has 0 bridgehead atoms. The number of pyridine rings is 1. The van der Waals surface area contributed by atoms with Crippen molar-refractivity contribution in [3.05, 3.63) is 75.8 Å². The van der Waals surface area contributed by atoms with Crippen molar-refractivity contribution < 1.29 is 4.74 Å². The summed E-state index contributed by atoms with van der Waals surface area (Å²) in [6, 6.07) is 9.60. The highest BCUT2D eigenvalue weighted by Gasteiger charge is 2.35. The van der Waals surface area contributed by atoms with Crippen molar-refractivity contribution in [2.45, 2.75) is 125 Å². The molecule has 0 radical (unpaired) electrons. The largest absolute Gasteiger partial charge is 0.493 e. The second kappa shape index (κ2) is 14.2. The zero-order valence-electron chi connectivity index (χ0n) is 31.3. The highest BCUT2D eigenvalue weighted by molar-refractivity contribution is 5.78. The zero-order chi connectivity index (χ0) is 34.3. The summed E-state index contributed by atoms with van der Waals surface area (Å²) < 4.78 is 6.55. The average Bonchev–Trinajstić information content (AvgIpc) is 3.73. The molecule has 5 nitrogen and oxygen atoms in total. The molecule has 0 saturated heterocycles. The Bertz CT molecular complexity index is 1770. The van der Waals surface area contributed by atoms with E-state index in [2.05, 4.69) is 92.2 Å². The number of rotatable bonds is 7. The Labute approximate surface area is 295 Å². The maximum absolute atomic E-state index is 6.55. The first-order valence-electron chi connectivity index (χ1n) is 19.5. The summed E-state index contributed by atoms with van der Waals surface area (Å²) in [4.78, 5) is 12.5. The van der Waals surface area contributed by atoms with Gasteiger partial charge >= 0.3 is 0 Å². The van der Waals surface area contributed by atoms with Gasteiger partial charge in [-0.05, 0) is 141 Å². The molecule has 2 saturated carbocycles. The van der Waals surface area contributed by atoms with Gasteiger partial charge in [0.25, 0.3) is 0 Å². The third-order valence-electron chi connectivity index (χ3n) is 12.8. The fourth-order valence-corrected chi connectivity index (χ4v) is 9.48. The number of benzene rings is 1. The van der Waals surface area contributed by atoms with Crippen LogP contribution in [0.15, 0.2) is 64.4 Å². The first-order chi connectivity index (χ1) is 23.6. The smallest absolute Gasteiger partial charge is 0.177 e. The number of aromatic amines is 1. The van der Waals surface area contributed by atoms with Crippen LogP contribution >= 0.6 is 0 Å². The number of hydrogen-bond donors (Lipinski definition) is 2. The number of H-pyrrole nitrogens is 1. The van der Waals surface area contributed by atoms with Crippen LogP contribution in [0.1, 0.15) is 117 Å². The number of aromatic nitrogens is 3. The minimum atomic E-state index is 0.347. The van der Waals surface area contributed by atoms with Crippen molar-refractivity contribution in [2.75, 3.05) is 13.2 Å². The van der Waals surface area contributed by atoms with Crippen LogP contribution in [0.5, 0.6) is 5.75 Å². The molecule has 3 heterocycles. The van der Waals surface area contributed by atoms with Crippen LogP contribution in [-0.2, 0) is 6.42 Å². The Balaban J connectivity index is 1.20. The fraction of sp³-hybridized carbons (Fsp3) is 0.591. The lowest BCUT2D eigenvalue weighted by Crippen LogP contribution is -2.31. The van der Waals surface area contributed by atoms with Crippen LogP contribution in [0.4, 0.5) is 0 Å². The lowest BCUT2D eigenvalue weighted by molar-refractivity contribution is 0.218. The van der Waals surface area contributed by atoms with E-state index < -0.39 is 0 Å². The summed E-state index contributed by atoms with van der Waals surface area (Å²) in [6.07, 6.45) is 18.3. The Morgan fingerprint density at radius 3 is 2.63 bits per heavy atom. The van der Waals surface area contributed by atoms with Crippen LogP contribution in [-0.4, -0.2) is 34.1 Å². The van der Waals surface area contributed by atoms with Crippen LogP contribution in [0, 0.1) is 36.0 Å². The zero-order valence-corrected chi connectivity index (χ0v) is 31.3. The summed E-state index contributed by atoms with van der Waals surface area (Å²) in [5, 5.41) is 4.00. The van der Waals surface area contributed by atoms with Crippen LogP contribution < -0.4 is 10.1 Å². The molecule has 2 N–H and O–H groups in total. The number of fused-ring (bicyclic) bond motifs is 3. The lowest BCUT2D eigenvalue weighted by atomic mass is 9.65. The summed E-state index contributed by atoms with van der Waals surface area (Å²) in [5.74, 6) is 4.08. The molecule has 0 spiro atoms. The van der Waals surface area contributed by atoms with Crippen molar-refractivity contribution >= 4 is 11.2 Å². The quantitative estimate of drug-likeness (QED) is 0.248. The van der Waals surface area contributed by atoms with Gasteiger partial charge in [0.05, 0.1) is 12.1 Å². The molecular formula is C44H60N4O. The third-order valence-corrected chi connectivity index (χ3v) is 12.8. The Morgan fingerprint density at radius 1 is 1.02 bits per heavy atom. The number of allylic oxidation sites excluding steroid dienone is 5. The topological polar surface area (TPSA) is 62.8 Å². The maximum Gasteiger partial charge on any atom is 0.177 e. The molecule has 4 atom stereocenters. The summed E-state index contributed by atoms with van der Waals surface area (Å²) in [6.45, 7) is 18.7. The van der Waals surface area contributed by atoms with E-state index in [1.807, 2.05) is 13.1 Å². The van der Waals surface area contributed by atoms with Gasteiger partial charge in [0.2, 0.25) is 0 Å². The lowest BCUT2D eigenvalue weighted by Gasteiger charge is -2.40. The van der Waals surface area contributed by atoms with E-state index in [0.29, 0.717) is 35.1 Å². The van der Waals surface area contributed by atoms with Crippen LogP contribution in [0.2, 0.25) is 0 Å². The molecule has 2 aromatic heterocycles. The Kier molecular flexibility index (Phi) is 9.94. The number of aryl methyl sites for hydroxylation is 1. The first-order valence-corrected chi connectivity index (χ1v) is 19.5. The van der Waals surface area contributed by atoms with Gasteiger partial charge in [-0.3, -0.25) is 0 Å². The van der Waals surface area contributed by atoms with E-state index in [-0.39, 0.29) is 0 Å². The van der Waals surface area contributed by atoms with Gasteiger partial charge in [0.1, 0.15) is 11.6 Å². The number of nitrogens with zero attached hydrogens (tertiary/aromatic N) is 2. The van der Waals surface area contributed by atoms with Crippen molar-refractivity contribution in [1.82, 2.24) is 20.3 Å². The second-order valence-corrected chi connectivity index (χ2v) is 16.9.